The Morgan fingerprint density at radius 2 is 2.11 bits per heavy atom. The van der Waals surface area contributed by atoms with Crippen molar-refractivity contribution in [3.8, 4) is 11.8 Å². The van der Waals surface area contributed by atoms with Crippen molar-refractivity contribution in [2.45, 2.75) is 25.6 Å². The molecule has 98 valence electrons. The lowest BCUT2D eigenvalue weighted by atomic mass is 10.0. The second-order valence-electron chi connectivity index (χ2n) is 3.96. The summed E-state index contributed by atoms with van der Waals surface area (Å²) in [4.78, 5) is 0. The molecule has 0 heterocycles. The zero-order valence-corrected chi connectivity index (χ0v) is 9.79. The molecular formula is C12H13F3N2O. The van der Waals surface area contributed by atoms with E-state index in [1.54, 1.807) is 13.0 Å². The van der Waals surface area contributed by atoms with Gasteiger partial charge in [-0.25, -0.2) is 0 Å². The summed E-state index contributed by atoms with van der Waals surface area (Å²) in [5.74, 6) is -0.336. The van der Waals surface area contributed by atoms with Gasteiger partial charge in [-0.05, 0) is 31.0 Å². The third-order valence-electron chi connectivity index (χ3n) is 2.20. The number of ether oxygens (including phenoxy) is 1. The largest absolute Gasteiger partial charge is 0.478 e. The molecule has 0 saturated heterocycles. The first-order valence-electron chi connectivity index (χ1n) is 5.30. The van der Waals surface area contributed by atoms with E-state index in [4.69, 9.17) is 15.7 Å². The number of nitrogens with zero attached hydrogens (tertiary/aromatic N) is 1. The maximum atomic E-state index is 12.8. The number of hydrogen-bond acceptors (Lipinski definition) is 3. The zero-order valence-electron chi connectivity index (χ0n) is 9.79. The normalized spacial score (nSPS) is 12.9. The van der Waals surface area contributed by atoms with Crippen LogP contribution in [0.5, 0.6) is 5.75 Å². The molecule has 3 nitrogen and oxygen atoms in total. The molecule has 0 aliphatic rings. The van der Waals surface area contributed by atoms with Crippen molar-refractivity contribution in [2.75, 3.05) is 6.61 Å². The lowest BCUT2D eigenvalue weighted by Gasteiger charge is -2.14. The smallest absolute Gasteiger partial charge is 0.419 e. The first-order valence-corrected chi connectivity index (χ1v) is 5.30. The lowest BCUT2D eigenvalue weighted by molar-refractivity contribution is -0.138. The van der Waals surface area contributed by atoms with Gasteiger partial charge in [-0.1, -0.05) is 6.07 Å². The van der Waals surface area contributed by atoms with Crippen LogP contribution < -0.4 is 10.5 Å². The van der Waals surface area contributed by atoms with E-state index in [0.29, 0.717) is 12.0 Å². The van der Waals surface area contributed by atoms with Crippen LogP contribution in [0.3, 0.4) is 0 Å². The van der Waals surface area contributed by atoms with Crippen molar-refractivity contribution in [1.29, 1.82) is 5.26 Å². The highest BCUT2D eigenvalue weighted by Crippen LogP contribution is 2.37. The van der Waals surface area contributed by atoms with E-state index in [1.165, 1.54) is 12.1 Å². The number of alkyl halides is 3. The predicted molar refractivity (Wildman–Crippen MR) is 59.9 cm³/mol. The number of halogens is 3. The Labute approximate surface area is 103 Å². The third-order valence-corrected chi connectivity index (χ3v) is 2.20. The molecule has 0 aliphatic carbocycles. The molecule has 0 aromatic heterocycles. The SMILES string of the molecule is CC(N)Cc1ccc(OCC#N)c(C(F)(F)F)c1. The van der Waals surface area contributed by atoms with Gasteiger partial charge < -0.3 is 10.5 Å². The molecule has 0 bridgehead atoms. The minimum absolute atomic E-state index is 0.225. The number of nitriles is 1. The zero-order chi connectivity index (χ0) is 13.8. The van der Waals surface area contributed by atoms with Gasteiger partial charge in [0.05, 0.1) is 5.56 Å². The summed E-state index contributed by atoms with van der Waals surface area (Å²) in [6.45, 7) is 1.29. The van der Waals surface area contributed by atoms with Crippen LogP contribution in [0.4, 0.5) is 13.2 Å². The molecule has 1 rings (SSSR count). The van der Waals surface area contributed by atoms with Crippen LogP contribution in [0, 0.1) is 11.3 Å². The average molecular weight is 258 g/mol. The predicted octanol–water partition coefficient (Wildman–Crippen LogP) is 2.50. The molecule has 18 heavy (non-hydrogen) atoms. The Kier molecular flexibility index (Phi) is 4.56. The van der Waals surface area contributed by atoms with Crippen molar-refractivity contribution in [1.82, 2.24) is 0 Å². The summed E-state index contributed by atoms with van der Waals surface area (Å²) in [6, 6.07) is 5.16. The second-order valence-corrected chi connectivity index (χ2v) is 3.96. The van der Waals surface area contributed by atoms with E-state index < -0.39 is 18.3 Å². The average Bonchev–Trinajstić information content (AvgIpc) is 2.25. The van der Waals surface area contributed by atoms with E-state index in [9.17, 15) is 13.2 Å². The highest BCUT2D eigenvalue weighted by atomic mass is 19.4. The monoisotopic (exact) mass is 258 g/mol. The molecule has 1 unspecified atom stereocenters. The Morgan fingerprint density at radius 3 is 2.61 bits per heavy atom. The summed E-state index contributed by atoms with van der Waals surface area (Å²) < 4.78 is 43.2. The number of rotatable bonds is 4. The van der Waals surface area contributed by atoms with Crippen molar-refractivity contribution >= 4 is 0 Å². The number of benzene rings is 1. The number of hydrogen-bond donors (Lipinski definition) is 1. The third kappa shape index (κ3) is 3.93. The Bertz CT molecular complexity index is 450. The van der Waals surface area contributed by atoms with Crippen molar-refractivity contribution in [3.05, 3.63) is 29.3 Å². The quantitative estimate of drug-likeness (QED) is 0.902. The summed E-state index contributed by atoms with van der Waals surface area (Å²) in [5, 5.41) is 8.32. The molecule has 0 fully saturated rings. The maximum absolute atomic E-state index is 12.8. The summed E-state index contributed by atoms with van der Waals surface area (Å²) >= 11 is 0. The Morgan fingerprint density at radius 1 is 1.44 bits per heavy atom. The maximum Gasteiger partial charge on any atom is 0.419 e. The standard InChI is InChI=1S/C12H13F3N2O/c1-8(17)6-9-2-3-11(18-5-4-16)10(7-9)12(13,14)15/h2-3,7-8H,5-6,17H2,1H3. The Hall–Kier alpha value is -1.74. The number of nitrogens with two attached hydrogens (primary N) is 1. The van der Waals surface area contributed by atoms with E-state index >= 15 is 0 Å². The van der Waals surface area contributed by atoms with E-state index in [-0.39, 0.29) is 11.8 Å². The summed E-state index contributed by atoms with van der Waals surface area (Å²) in [6.07, 6.45) is -4.17. The summed E-state index contributed by atoms with van der Waals surface area (Å²) in [7, 11) is 0. The van der Waals surface area contributed by atoms with Crippen molar-refractivity contribution in [2.24, 2.45) is 5.73 Å². The van der Waals surface area contributed by atoms with Crippen LogP contribution in [0.15, 0.2) is 18.2 Å². The van der Waals surface area contributed by atoms with Gasteiger partial charge in [0.25, 0.3) is 0 Å². The van der Waals surface area contributed by atoms with Gasteiger partial charge in [0.1, 0.15) is 11.8 Å². The first kappa shape index (κ1) is 14.3. The highest BCUT2D eigenvalue weighted by Gasteiger charge is 2.34. The Balaban J connectivity index is 3.09. The van der Waals surface area contributed by atoms with Crippen LogP contribution >= 0.6 is 0 Å². The van der Waals surface area contributed by atoms with Gasteiger partial charge in [-0.15, -0.1) is 0 Å². The van der Waals surface area contributed by atoms with Crippen LogP contribution in [-0.4, -0.2) is 12.6 Å². The second kappa shape index (κ2) is 5.74. The fourth-order valence-electron chi connectivity index (χ4n) is 1.53. The van der Waals surface area contributed by atoms with Gasteiger partial charge in [0, 0.05) is 6.04 Å². The van der Waals surface area contributed by atoms with Crippen molar-refractivity contribution in [3.63, 3.8) is 0 Å². The molecule has 0 aliphatic heterocycles. The van der Waals surface area contributed by atoms with Crippen LogP contribution in [0.25, 0.3) is 0 Å². The van der Waals surface area contributed by atoms with Crippen molar-refractivity contribution < 1.29 is 17.9 Å². The fourth-order valence-corrected chi connectivity index (χ4v) is 1.53. The molecule has 2 N–H and O–H groups in total. The molecule has 1 aromatic rings. The molecule has 6 heteroatoms. The molecule has 0 spiro atoms. The molecule has 0 amide bonds. The molecule has 0 saturated carbocycles. The van der Waals surface area contributed by atoms with Crippen LogP contribution in [0.1, 0.15) is 18.1 Å². The first-order chi connectivity index (χ1) is 8.34. The highest BCUT2D eigenvalue weighted by molar-refractivity contribution is 5.39. The molecular weight excluding hydrogens is 245 g/mol. The van der Waals surface area contributed by atoms with Crippen LogP contribution in [-0.2, 0) is 12.6 Å². The van der Waals surface area contributed by atoms with Gasteiger partial charge in [-0.3, -0.25) is 0 Å². The van der Waals surface area contributed by atoms with Crippen LogP contribution in [0.2, 0.25) is 0 Å². The van der Waals surface area contributed by atoms with E-state index in [0.717, 1.165) is 6.07 Å². The minimum Gasteiger partial charge on any atom is -0.478 e. The van der Waals surface area contributed by atoms with Gasteiger partial charge >= 0.3 is 6.18 Å². The van der Waals surface area contributed by atoms with Gasteiger partial charge in [0.15, 0.2) is 6.61 Å². The van der Waals surface area contributed by atoms with Gasteiger partial charge in [0.2, 0.25) is 0 Å². The van der Waals surface area contributed by atoms with E-state index in [1.807, 2.05) is 0 Å². The minimum atomic E-state index is -4.52. The van der Waals surface area contributed by atoms with Gasteiger partial charge in [-0.2, -0.15) is 18.4 Å². The molecule has 0 radical (unpaired) electrons. The molecule has 1 atom stereocenters. The summed E-state index contributed by atoms with van der Waals surface area (Å²) in [5.41, 5.74) is 5.16. The topological polar surface area (TPSA) is 59.0 Å². The fraction of sp³-hybridized carbons (Fsp3) is 0.417. The lowest BCUT2D eigenvalue weighted by Crippen LogP contribution is -2.18. The molecule has 1 aromatic carbocycles. The van der Waals surface area contributed by atoms with E-state index in [2.05, 4.69) is 0 Å².